The van der Waals surface area contributed by atoms with Gasteiger partial charge in [-0.25, -0.2) is 9.18 Å². The molecular weight excluding hydrogens is 361 g/mol. The summed E-state index contributed by atoms with van der Waals surface area (Å²) in [7, 11) is 1.52. The topological polar surface area (TPSA) is 70.7 Å². The number of amides is 3. The summed E-state index contributed by atoms with van der Waals surface area (Å²) in [5, 5.41) is 5.65. The second-order valence-corrected chi connectivity index (χ2v) is 6.34. The number of rotatable bonds is 5. The third-order valence-electron chi connectivity index (χ3n) is 4.69. The molecule has 0 aromatic heterocycles. The lowest BCUT2D eigenvalue weighted by atomic mass is 9.94. The highest BCUT2D eigenvalue weighted by atomic mass is 19.1. The summed E-state index contributed by atoms with van der Waals surface area (Å²) >= 11 is 0. The van der Waals surface area contributed by atoms with Gasteiger partial charge in [0.2, 0.25) is 0 Å². The lowest BCUT2D eigenvalue weighted by Gasteiger charge is -2.35. The van der Waals surface area contributed by atoms with Crippen molar-refractivity contribution in [2.24, 2.45) is 0 Å². The van der Waals surface area contributed by atoms with Gasteiger partial charge in [0.25, 0.3) is 5.91 Å². The van der Waals surface area contributed by atoms with E-state index in [2.05, 4.69) is 10.6 Å². The molecule has 3 amide bonds. The van der Waals surface area contributed by atoms with Crippen LogP contribution in [-0.4, -0.2) is 30.5 Å². The number of hydrogen-bond donors (Lipinski definition) is 2. The molecule has 0 unspecified atom stereocenters. The fraction of sp³-hybridized carbons (Fsp3) is 0.238. The standard InChI is InChI=1S/C21H22FN3O3/c1-4-25-13(2)18(20(26)23-16-10-5-6-11-17(16)28-3)19(24-21(25)27)14-8-7-9-15(22)12-14/h5-12,19H,4H2,1-3H3,(H,23,26)(H,24,27)/t19-/m1/s1. The minimum atomic E-state index is -0.763. The number of carbonyl (C=O) groups is 2. The first-order valence-corrected chi connectivity index (χ1v) is 8.94. The molecule has 0 aliphatic carbocycles. The SMILES string of the molecule is CCN1C(=O)N[C@H](c2cccc(F)c2)C(C(=O)Nc2ccccc2OC)=C1C. The van der Waals surface area contributed by atoms with Crippen LogP contribution < -0.4 is 15.4 Å². The molecule has 0 bridgehead atoms. The molecule has 0 saturated heterocycles. The fourth-order valence-corrected chi connectivity index (χ4v) is 3.33. The van der Waals surface area contributed by atoms with Crippen LogP contribution in [0.4, 0.5) is 14.9 Å². The Bertz CT molecular complexity index is 942. The van der Waals surface area contributed by atoms with Crippen molar-refractivity contribution in [1.82, 2.24) is 10.2 Å². The zero-order valence-electron chi connectivity index (χ0n) is 16.0. The molecule has 1 aliphatic heterocycles. The van der Waals surface area contributed by atoms with E-state index in [1.165, 1.54) is 24.1 Å². The van der Waals surface area contributed by atoms with Gasteiger partial charge < -0.3 is 15.4 Å². The maximum absolute atomic E-state index is 13.8. The van der Waals surface area contributed by atoms with Crippen LogP contribution in [0, 0.1) is 5.82 Å². The van der Waals surface area contributed by atoms with Crippen molar-refractivity contribution in [3.8, 4) is 5.75 Å². The molecule has 3 rings (SSSR count). The number of allylic oxidation sites excluding steroid dienone is 1. The van der Waals surface area contributed by atoms with Gasteiger partial charge >= 0.3 is 6.03 Å². The summed E-state index contributed by atoms with van der Waals surface area (Å²) in [5.41, 5.74) is 1.87. The van der Waals surface area contributed by atoms with Gasteiger partial charge in [-0.05, 0) is 43.7 Å². The Hall–Kier alpha value is -3.35. The van der Waals surface area contributed by atoms with Crippen molar-refractivity contribution in [3.63, 3.8) is 0 Å². The Kier molecular flexibility index (Phi) is 5.63. The summed E-state index contributed by atoms with van der Waals surface area (Å²) in [6.45, 7) is 3.94. The minimum Gasteiger partial charge on any atom is -0.495 e. The van der Waals surface area contributed by atoms with Gasteiger partial charge in [0.15, 0.2) is 0 Å². The second-order valence-electron chi connectivity index (χ2n) is 6.34. The number of benzene rings is 2. The highest BCUT2D eigenvalue weighted by Gasteiger charge is 2.35. The monoisotopic (exact) mass is 383 g/mol. The van der Waals surface area contributed by atoms with E-state index in [0.717, 1.165) is 0 Å². The normalized spacial score (nSPS) is 16.6. The molecule has 6 nitrogen and oxygen atoms in total. The van der Waals surface area contributed by atoms with Crippen LogP contribution in [0.2, 0.25) is 0 Å². The highest BCUT2D eigenvalue weighted by Crippen LogP contribution is 2.32. The van der Waals surface area contributed by atoms with E-state index >= 15 is 0 Å². The quantitative estimate of drug-likeness (QED) is 0.824. The predicted octanol–water partition coefficient (Wildman–Crippen LogP) is 3.83. The molecule has 2 N–H and O–H groups in total. The summed E-state index contributed by atoms with van der Waals surface area (Å²) in [4.78, 5) is 27.1. The Morgan fingerprint density at radius 3 is 2.68 bits per heavy atom. The first-order valence-electron chi connectivity index (χ1n) is 8.94. The zero-order valence-corrected chi connectivity index (χ0v) is 16.0. The number of anilines is 1. The molecule has 1 atom stereocenters. The molecule has 7 heteroatoms. The van der Waals surface area contributed by atoms with Crippen LogP contribution in [0.25, 0.3) is 0 Å². The zero-order chi connectivity index (χ0) is 20.3. The Balaban J connectivity index is 2.04. The minimum absolute atomic E-state index is 0.330. The number of urea groups is 1. The summed E-state index contributed by atoms with van der Waals surface area (Å²) < 4.78 is 19.1. The number of carbonyl (C=O) groups excluding carboxylic acids is 2. The molecule has 146 valence electrons. The Labute approximate surface area is 163 Å². The van der Waals surface area contributed by atoms with E-state index in [0.29, 0.717) is 34.8 Å². The van der Waals surface area contributed by atoms with Gasteiger partial charge in [-0.2, -0.15) is 0 Å². The maximum Gasteiger partial charge on any atom is 0.322 e. The van der Waals surface area contributed by atoms with Crippen LogP contribution in [0.3, 0.4) is 0 Å². The van der Waals surface area contributed by atoms with Gasteiger partial charge in [0.1, 0.15) is 11.6 Å². The fourth-order valence-electron chi connectivity index (χ4n) is 3.33. The number of nitrogens with one attached hydrogen (secondary N) is 2. The molecule has 0 spiro atoms. The summed E-state index contributed by atoms with van der Waals surface area (Å²) in [5.74, 6) is -0.315. The van der Waals surface area contributed by atoms with Crippen molar-refractivity contribution in [2.75, 3.05) is 19.0 Å². The van der Waals surface area contributed by atoms with Crippen LogP contribution in [0.1, 0.15) is 25.5 Å². The van der Waals surface area contributed by atoms with E-state index in [4.69, 9.17) is 4.74 Å². The van der Waals surface area contributed by atoms with Gasteiger partial charge in [0.05, 0.1) is 24.4 Å². The van der Waals surface area contributed by atoms with E-state index in [9.17, 15) is 14.0 Å². The molecule has 0 fully saturated rings. The number of ether oxygens (including phenoxy) is 1. The van der Waals surface area contributed by atoms with E-state index in [1.807, 2.05) is 6.92 Å². The number of halogens is 1. The molecule has 0 saturated carbocycles. The lowest BCUT2D eigenvalue weighted by Crippen LogP contribution is -2.48. The predicted molar refractivity (Wildman–Crippen MR) is 104 cm³/mol. The van der Waals surface area contributed by atoms with E-state index < -0.39 is 17.8 Å². The first-order chi connectivity index (χ1) is 13.5. The van der Waals surface area contributed by atoms with Gasteiger partial charge in [-0.1, -0.05) is 24.3 Å². The third kappa shape index (κ3) is 3.69. The lowest BCUT2D eigenvalue weighted by molar-refractivity contribution is -0.113. The van der Waals surface area contributed by atoms with Crippen LogP contribution >= 0.6 is 0 Å². The maximum atomic E-state index is 13.8. The smallest absolute Gasteiger partial charge is 0.322 e. The first kappa shape index (κ1) is 19.4. The van der Waals surface area contributed by atoms with Crippen molar-refractivity contribution in [1.29, 1.82) is 0 Å². The van der Waals surface area contributed by atoms with E-state index in [1.54, 1.807) is 43.3 Å². The van der Waals surface area contributed by atoms with Crippen molar-refractivity contribution in [2.45, 2.75) is 19.9 Å². The third-order valence-corrected chi connectivity index (χ3v) is 4.69. The molecule has 28 heavy (non-hydrogen) atoms. The number of para-hydroxylation sites is 2. The van der Waals surface area contributed by atoms with Crippen LogP contribution in [0.15, 0.2) is 59.8 Å². The van der Waals surface area contributed by atoms with Crippen LogP contribution in [-0.2, 0) is 4.79 Å². The van der Waals surface area contributed by atoms with Crippen molar-refractivity contribution in [3.05, 3.63) is 71.2 Å². The molecule has 1 heterocycles. The second kappa shape index (κ2) is 8.12. The molecule has 2 aromatic rings. The molecule has 2 aromatic carbocycles. The van der Waals surface area contributed by atoms with E-state index in [-0.39, 0.29) is 6.03 Å². The van der Waals surface area contributed by atoms with Crippen molar-refractivity contribution >= 4 is 17.6 Å². The molecular formula is C21H22FN3O3. The average Bonchev–Trinajstić information content (AvgIpc) is 2.68. The number of methoxy groups -OCH3 is 1. The summed E-state index contributed by atoms with van der Waals surface area (Å²) in [6.07, 6.45) is 0. The molecule has 0 radical (unpaired) electrons. The molecule has 1 aliphatic rings. The van der Waals surface area contributed by atoms with Crippen molar-refractivity contribution < 1.29 is 18.7 Å². The Morgan fingerprint density at radius 2 is 2.00 bits per heavy atom. The largest absolute Gasteiger partial charge is 0.495 e. The van der Waals surface area contributed by atoms with Gasteiger partial charge in [-0.15, -0.1) is 0 Å². The number of nitrogens with zero attached hydrogens (tertiary/aromatic N) is 1. The number of hydrogen-bond acceptors (Lipinski definition) is 3. The Morgan fingerprint density at radius 1 is 1.25 bits per heavy atom. The van der Waals surface area contributed by atoms with Crippen LogP contribution in [0.5, 0.6) is 5.75 Å². The summed E-state index contributed by atoms with van der Waals surface area (Å²) in [6, 6.07) is 11.8. The highest BCUT2D eigenvalue weighted by molar-refractivity contribution is 6.07. The van der Waals surface area contributed by atoms with Gasteiger partial charge in [0, 0.05) is 12.2 Å². The average molecular weight is 383 g/mol. The van der Waals surface area contributed by atoms with Gasteiger partial charge in [-0.3, -0.25) is 9.69 Å².